The second kappa shape index (κ2) is 4.95. The van der Waals surface area contributed by atoms with Crippen molar-refractivity contribution in [2.24, 2.45) is 5.92 Å². The number of thiophene rings is 1. The molecule has 84 valence electrons. The molecule has 1 fully saturated rings. The van der Waals surface area contributed by atoms with Gasteiger partial charge in [-0.3, -0.25) is 0 Å². The molecular formula is C11H15BrO2S. The third-order valence-electron chi connectivity index (χ3n) is 2.81. The number of halogens is 1. The molecule has 1 N–H and O–H groups in total. The second-order valence-electron chi connectivity index (χ2n) is 3.97. The number of aliphatic hydroxyl groups excluding tert-OH is 1. The Morgan fingerprint density at radius 1 is 1.67 bits per heavy atom. The van der Waals surface area contributed by atoms with Crippen LogP contribution in [0.5, 0.6) is 0 Å². The van der Waals surface area contributed by atoms with Crippen molar-refractivity contribution < 1.29 is 9.84 Å². The SMILES string of the molecule is Cc1sc(C(O)C2CCCOC2)cc1Br. The quantitative estimate of drug-likeness (QED) is 0.906. The summed E-state index contributed by atoms with van der Waals surface area (Å²) in [5.41, 5.74) is 0. The Bertz CT molecular complexity index is 312. The highest BCUT2D eigenvalue weighted by Gasteiger charge is 2.25. The summed E-state index contributed by atoms with van der Waals surface area (Å²) in [4.78, 5) is 2.27. The van der Waals surface area contributed by atoms with E-state index in [4.69, 9.17) is 4.74 Å². The summed E-state index contributed by atoms with van der Waals surface area (Å²) in [7, 11) is 0. The zero-order chi connectivity index (χ0) is 10.8. The van der Waals surface area contributed by atoms with Gasteiger partial charge in [-0.15, -0.1) is 11.3 Å². The minimum Gasteiger partial charge on any atom is -0.387 e. The molecule has 15 heavy (non-hydrogen) atoms. The number of aryl methyl sites for hydroxylation is 1. The van der Waals surface area contributed by atoms with E-state index in [0.29, 0.717) is 6.61 Å². The summed E-state index contributed by atoms with van der Waals surface area (Å²) in [6, 6.07) is 2.03. The number of hydrogen-bond donors (Lipinski definition) is 1. The summed E-state index contributed by atoms with van der Waals surface area (Å²) >= 11 is 5.14. The maximum absolute atomic E-state index is 10.2. The molecule has 2 heterocycles. The first kappa shape index (κ1) is 11.6. The molecule has 2 unspecified atom stereocenters. The zero-order valence-corrected chi connectivity index (χ0v) is 11.1. The van der Waals surface area contributed by atoms with Crippen molar-refractivity contribution in [3.8, 4) is 0 Å². The molecular weight excluding hydrogens is 276 g/mol. The van der Waals surface area contributed by atoms with Crippen molar-refractivity contribution in [1.29, 1.82) is 0 Å². The minimum absolute atomic E-state index is 0.267. The van der Waals surface area contributed by atoms with Crippen molar-refractivity contribution in [2.45, 2.75) is 25.9 Å². The molecule has 1 aromatic rings. The van der Waals surface area contributed by atoms with Gasteiger partial charge >= 0.3 is 0 Å². The minimum atomic E-state index is -0.361. The lowest BCUT2D eigenvalue weighted by atomic mass is 9.95. The molecule has 2 atom stereocenters. The topological polar surface area (TPSA) is 29.5 Å². The number of rotatable bonds is 2. The Labute approximate surface area is 102 Å². The standard InChI is InChI=1S/C11H15BrO2S/c1-7-9(12)5-10(15-7)11(13)8-3-2-4-14-6-8/h5,8,11,13H,2-4,6H2,1H3. The van der Waals surface area contributed by atoms with E-state index < -0.39 is 0 Å². The average Bonchev–Trinajstić information content (AvgIpc) is 2.59. The predicted molar refractivity (Wildman–Crippen MR) is 65.3 cm³/mol. The predicted octanol–water partition coefficient (Wildman–Crippen LogP) is 3.28. The lowest BCUT2D eigenvalue weighted by Crippen LogP contribution is -2.23. The van der Waals surface area contributed by atoms with Gasteiger partial charge < -0.3 is 9.84 Å². The van der Waals surface area contributed by atoms with Gasteiger partial charge in [-0.1, -0.05) is 0 Å². The highest BCUT2D eigenvalue weighted by atomic mass is 79.9. The molecule has 0 bridgehead atoms. The molecule has 1 saturated heterocycles. The first-order valence-corrected chi connectivity index (χ1v) is 6.81. The van der Waals surface area contributed by atoms with E-state index in [2.05, 4.69) is 22.9 Å². The van der Waals surface area contributed by atoms with E-state index in [1.807, 2.05) is 6.07 Å². The van der Waals surface area contributed by atoms with Gasteiger partial charge in [0.25, 0.3) is 0 Å². The zero-order valence-electron chi connectivity index (χ0n) is 8.70. The number of hydrogen-bond acceptors (Lipinski definition) is 3. The molecule has 2 rings (SSSR count). The molecule has 0 saturated carbocycles. The fourth-order valence-corrected chi connectivity index (χ4v) is 3.52. The van der Waals surface area contributed by atoms with Gasteiger partial charge in [0.15, 0.2) is 0 Å². The monoisotopic (exact) mass is 290 g/mol. The lowest BCUT2D eigenvalue weighted by molar-refractivity contribution is -0.00864. The van der Waals surface area contributed by atoms with Gasteiger partial charge in [0.2, 0.25) is 0 Å². The molecule has 0 aromatic carbocycles. The Balaban J connectivity index is 2.08. The molecule has 0 radical (unpaired) electrons. The summed E-state index contributed by atoms with van der Waals surface area (Å²) < 4.78 is 6.49. The third kappa shape index (κ3) is 2.61. The van der Waals surface area contributed by atoms with Crippen LogP contribution in [0, 0.1) is 12.8 Å². The fourth-order valence-electron chi connectivity index (χ4n) is 1.87. The van der Waals surface area contributed by atoms with Crippen LogP contribution in [0.25, 0.3) is 0 Å². The van der Waals surface area contributed by atoms with Gasteiger partial charge in [-0.2, -0.15) is 0 Å². The fraction of sp³-hybridized carbons (Fsp3) is 0.636. The van der Waals surface area contributed by atoms with Crippen LogP contribution in [0.4, 0.5) is 0 Å². The Morgan fingerprint density at radius 3 is 3.00 bits per heavy atom. The van der Waals surface area contributed by atoms with Crippen molar-refractivity contribution in [1.82, 2.24) is 0 Å². The Hall–Kier alpha value is 0.100. The highest BCUT2D eigenvalue weighted by molar-refractivity contribution is 9.10. The highest BCUT2D eigenvalue weighted by Crippen LogP contribution is 2.36. The summed E-state index contributed by atoms with van der Waals surface area (Å²) in [5, 5.41) is 10.2. The molecule has 2 nitrogen and oxygen atoms in total. The van der Waals surface area contributed by atoms with Crippen LogP contribution in [0.1, 0.15) is 28.7 Å². The Morgan fingerprint density at radius 2 is 2.47 bits per heavy atom. The number of aliphatic hydroxyl groups is 1. The normalized spacial score (nSPS) is 24.1. The maximum atomic E-state index is 10.2. The molecule has 1 aromatic heterocycles. The molecule has 1 aliphatic heterocycles. The number of ether oxygens (including phenoxy) is 1. The van der Waals surface area contributed by atoms with E-state index in [-0.39, 0.29) is 12.0 Å². The average molecular weight is 291 g/mol. The van der Waals surface area contributed by atoms with E-state index in [1.165, 1.54) is 4.88 Å². The Kier molecular flexibility index (Phi) is 3.83. The molecule has 0 spiro atoms. The second-order valence-corrected chi connectivity index (χ2v) is 6.12. The van der Waals surface area contributed by atoms with Crippen LogP contribution in [0.3, 0.4) is 0 Å². The van der Waals surface area contributed by atoms with Gasteiger partial charge in [0.1, 0.15) is 0 Å². The largest absolute Gasteiger partial charge is 0.387 e. The van der Waals surface area contributed by atoms with Crippen molar-refractivity contribution >= 4 is 27.3 Å². The van der Waals surface area contributed by atoms with E-state index in [0.717, 1.165) is 28.8 Å². The first-order valence-electron chi connectivity index (χ1n) is 5.20. The van der Waals surface area contributed by atoms with Crippen molar-refractivity contribution in [3.63, 3.8) is 0 Å². The van der Waals surface area contributed by atoms with Crippen LogP contribution < -0.4 is 0 Å². The lowest BCUT2D eigenvalue weighted by Gasteiger charge is -2.25. The van der Waals surface area contributed by atoms with E-state index >= 15 is 0 Å². The van der Waals surface area contributed by atoms with E-state index in [9.17, 15) is 5.11 Å². The summed E-state index contributed by atoms with van der Waals surface area (Å²) in [6.07, 6.45) is 1.77. The van der Waals surface area contributed by atoms with Gasteiger partial charge in [0, 0.05) is 26.8 Å². The summed E-state index contributed by atoms with van der Waals surface area (Å²) in [5.74, 6) is 0.267. The van der Waals surface area contributed by atoms with Crippen molar-refractivity contribution in [3.05, 3.63) is 20.3 Å². The van der Waals surface area contributed by atoms with Crippen LogP contribution >= 0.6 is 27.3 Å². The van der Waals surface area contributed by atoms with Gasteiger partial charge in [-0.25, -0.2) is 0 Å². The molecule has 0 amide bonds. The maximum Gasteiger partial charge on any atom is 0.0932 e. The van der Waals surface area contributed by atoms with Gasteiger partial charge in [0.05, 0.1) is 12.7 Å². The molecule has 1 aliphatic rings. The van der Waals surface area contributed by atoms with Crippen LogP contribution in [0.2, 0.25) is 0 Å². The first-order chi connectivity index (χ1) is 7.18. The third-order valence-corrected chi connectivity index (χ3v) is 5.02. The molecule has 0 aliphatic carbocycles. The smallest absolute Gasteiger partial charge is 0.0932 e. The van der Waals surface area contributed by atoms with Crippen LogP contribution in [-0.4, -0.2) is 18.3 Å². The van der Waals surface area contributed by atoms with Crippen LogP contribution in [-0.2, 0) is 4.74 Å². The molecule has 4 heteroatoms. The van der Waals surface area contributed by atoms with E-state index in [1.54, 1.807) is 11.3 Å². The van der Waals surface area contributed by atoms with Crippen molar-refractivity contribution in [2.75, 3.05) is 13.2 Å². The van der Waals surface area contributed by atoms with Gasteiger partial charge in [-0.05, 0) is 41.8 Å². The van der Waals surface area contributed by atoms with Crippen LogP contribution in [0.15, 0.2) is 10.5 Å². The summed E-state index contributed by atoms with van der Waals surface area (Å²) in [6.45, 7) is 3.59.